The summed E-state index contributed by atoms with van der Waals surface area (Å²) in [7, 11) is 0. The van der Waals surface area contributed by atoms with E-state index in [1.165, 1.54) is 0 Å². The van der Waals surface area contributed by atoms with E-state index >= 15 is 0 Å². The van der Waals surface area contributed by atoms with E-state index in [4.69, 9.17) is 10.2 Å². The van der Waals surface area contributed by atoms with Gasteiger partial charge in [-0.1, -0.05) is 0 Å². The van der Waals surface area contributed by atoms with E-state index in [-0.39, 0.29) is 6.01 Å². The van der Waals surface area contributed by atoms with Gasteiger partial charge in [0.25, 0.3) is 6.01 Å². The summed E-state index contributed by atoms with van der Waals surface area (Å²) in [6, 6.07) is 2.18. The van der Waals surface area contributed by atoms with Gasteiger partial charge >= 0.3 is 0 Å². The van der Waals surface area contributed by atoms with Crippen molar-refractivity contribution in [1.82, 2.24) is 4.98 Å². The zero-order chi connectivity index (χ0) is 8.55. The Kier molecular flexibility index (Phi) is 1.90. The second-order valence-electron chi connectivity index (χ2n) is 2.20. The molecule has 0 amide bonds. The normalized spacial score (nSPS) is 10.4. The summed E-state index contributed by atoms with van der Waals surface area (Å²) in [6.07, 6.45) is 1.55. The molecule has 0 saturated heterocycles. The van der Waals surface area contributed by atoms with Gasteiger partial charge in [-0.25, -0.2) is 0 Å². The fourth-order valence-corrected chi connectivity index (χ4v) is 2.23. The van der Waals surface area contributed by atoms with Crippen LogP contribution >= 0.6 is 27.3 Å². The molecule has 12 heavy (non-hydrogen) atoms. The van der Waals surface area contributed by atoms with Gasteiger partial charge in [0.15, 0.2) is 0 Å². The number of rotatable bonds is 1. The van der Waals surface area contributed by atoms with Crippen LogP contribution in [0.15, 0.2) is 26.6 Å². The van der Waals surface area contributed by atoms with E-state index in [1.54, 1.807) is 17.6 Å². The second-order valence-corrected chi connectivity index (χ2v) is 4.03. The number of hydrogen-bond donors (Lipinski definition) is 1. The van der Waals surface area contributed by atoms with Crippen molar-refractivity contribution in [2.75, 3.05) is 5.73 Å². The van der Waals surface area contributed by atoms with Gasteiger partial charge in [-0.05, 0) is 22.0 Å². The fourth-order valence-electron chi connectivity index (χ4n) is 0.848. The van der Waals surface area contributed by atoms with Crippen molar-refractivity contribution in [2.45, 2.75) is 0 Å². The lowest BCUT2D eigenvalue weighted by Crippen LogP contribution is -1.81. The van der Waals surface area contributed by atoms with Gasteiger partial charge in [-0.2, -0.15) is 4.98 Å². The van der Waals surface area contributed by atoms with Crippen molar-refractivity contribution in [3.05, 3.63) is 22.2 Å². The van der Waals surface area contributed by atoms with Crippen molar-refractivity contribution in [3.8, 4) is 10.6 Å². The van der Waals surface area contributed by atoms with Crippen molar-refractivity contribution >= 4 is 33.3 Å². The molecule has 2 rings (SSSR count). The maximum Gasteiger partial charge on any atom is 0.292 e. The molecule has 0 unspecified atom stereocenters. The molecule has 2 aromatic rings. The minimum Gasteiger partial charge on any atom is -0.432 e. The van der Waals surface area contributed by atoms with Gasteiger partial charge in [0.1, 0.15) is 12.0 Å². The number of hydrogen-bond acceptors (Lipinski definition) is 4. The summed E-state index contributed by atoms with van der Waals surface area (Å²) in [5.74, 6) is 0. The van der Waals surface area contributed by atoms with Crippen LogP contribution in [0, 0.1) is 0 Å². The lowest BCUT2D eigenvalue weighted by atomic mass is 10.4. The highest BCUT2D eigenvalue weighted by Crippen LogP contribution is 2.29. The van der Waals surface area contributed by atoms with E-state index in [2.05, 4.69) is 20.9 Å². The number of anilines is 1. The molecule has 2 heterocycles. The van der Waals surface area contributed by atoms with Crippen LogP contribution in [0.4, 0.5) is 6.01 Å². The first-order chi connectivity index (χ1) is 5.75. The van der Waals surface area contributed by atoms with Crippen molar-refractivity contribution in [3.63, 3.8) is 0 Å². The molecule has 0 aromatic carbocycles. The van der Waals surface area contributed by atoms with E-state index < -0.39 is 0 Å². The van der Waals surface area contributed by atoms with Crippen molar-refractivity contribution in [1.29, 1.82) is 0 Å². The van der Waals surface area contributed by atoms with Crippen molar-refractivity contribution < 1.29 is 4.42 Å². The lowest BCUT2D eigenvalue weighted by Gasteiger charge is -1.83. The molecule has 0 bridgehead atoms. The molecule has 0 aliphatic rings. The molecular formula is C7H5BrN2OS. The fraction of sp³-hybridized carbons (Fsp3) is 0. The summed E-state index contributed by atoms with van der Waals surface area (Å²) < 4.78 is 5.93. The van der Waals surface area contributed by atoms with Gasteiger partial charge in [0, 0.05) is 9.85 Å². The average molecular weight is 245 g/mol. The van der Waals surface area contributed by atoms with Gasteiger partial charge in [-0.15, -0.1) is 11.3 Å². The van der Waals surface area contributed by atoms with Crippen LogP contribution in [0.1, 0.15) is 0 Å². The van der Waals surface area contributed by atoms with Gasteiger partial charge in [0.05, 0.1) is 4.88 Å². The van der Waals surface area contributed by atoms with E-state index in [0.717, 1.165) is 15.0 Å². The third kappa shape index (κ3) is 1.37. The first-order valence-corrected chi connectivity index (χ1v) is 4.88. The van der Waals surface area contributed by atoms with Crippen LogP contribution in [0.25, 0.3) is 10.6 Å². The zero-order valence-electron chi connectivity index (χ0n) is 5.95. The van der Waals surface area contributed by atoms with E-state index in [1.807, 2.05) is 11.4 Å². The van der Waals surface area contributed by atoms with Gasteiger partial charge in [0.2, 0.25) is 0 Å². The predicted molar refractivity (Wildman–Crippen MR) is 51.9 cm³/mol. The summed E-state index contributed by atoms with van der Waals surface area (Å²) >= 11 is 4.95. The smallest absolute Gasteiger partial charge is 0.292 e. The molecule has 0 aliphatic carbocycles. The number of nitrogen functional groups attached to an aromatic ring is 1. The average Bonchev–Trinajstić information content (AvgIpc) is 2.58. The molecule has 3 nitrogen and oxygen atoms in total. The Balaban J connectivity index is 2.43. The van der Waals surface area contributed by atoms with Gasteiger partial charge < -0.3 is 10.2 Å². The molecule has 0 spiro atoms. The standard InChI is InChI=1S/C7H5BrN2OS/c8-4-1-6(12-3-4)5-2-11-7(9)10-5/h1-3H,(H2,9,10). The number of thiophene rings is 1. The molecule has 2 aromatic heterocycles. The van der Waals surface area contributed by atoms with Crippen LogP contribution in [0.5, 0.6) is 0 Å². The maximum absolute atomic E-state index is 5.34. The molecular weight excluding hydrogens is 240 g/mol. The highest BCUT2D eigenvalue weighted by Gasteiger charge is 2.05. The molecule has 0 radical (unpaired) electrons. The highest BCUT2D eigenvalue weighted by molar-refractivity contribution is 9.10. The predicted octanol–water partition coefficient (Wildman–Crippen LogP) is 2.75. The van der Waals surface area contributed by atoms with E-state index in [9.17, 15) is 0 Å². The Hall–Kier alpha value is -0.810. The van der Waals surface area contributed by atoms with E-state index in [0.29, 0.717) is 0 Å². The number of oxazole rings is 1. The van der Waals surface area contributed by atoms with Crippen LogP contribution in [0.2, 0.25) is 0 Å². The van der Waals surface area contributed by atoms with Gasteiger partial charge in [-0.3, -0.25) is 0 Å². The molecule has 2 N–H and O–H groups in total. The molecule has 0 atom stereocenters. The maximum atomic E-state index is 5.34. The minimum atomic E-state index is 0.203. The number of aromatic nitrogens is 1. The Labute approximate surface area is 81.4 Å². The summed E-state index contributed by atoms with van der Waals surface area (Å²) in [5, 5.41) is 1.99. The first-order valence-electron chi connectivity index (χ1n) is 3.21. The quantitative estimate of drug-likeness (QED) is 0.840. The largest absolute Gasteiger partial charge is 0.432 e. The Morgan fingerprint density at radius 1 is 1.58 bits per heavy atom. The topological polar surface area (TPSA) is 52.0 Å². The molecule has 5 heteroatoms. The summed E-state index contributed by atoms with van der Waals surface area (Å²) in [4.78, 5) is 5.04. The number of nitrogens with two attached hydrogens (primary N) is 1. The first kappa shape index (κ1) is 7.82. The Bertz CT molecular complexity index is 357. The van der Waals surface area contributed by atoms with Crippen LogP contribution in [0.3, 0.4) is 0 Å². The molecule has 0 fully saturated rings. The summed E-state index contributed by atoms with van der Waals surface area (Å²) in [6.45, 7) is 0. The third-order valence-electron chi connectivity index (χ3n) is 1.34. The number of nitrogens with zero attached hydrogens (tertiary/aromatic N) is 1. The third-order valence-corrected chi connectivity index (χ3v) is 3.06. The lowest BCUT2D eigenvalue weighted by molar-refractivity contribution is 0.581. The molecule has 62 valence electrons. The van der Waals surface area contributed by atoms with Crippen LogP contribution in [-0.2, 0) is 0 Å². The summed E-state index contributed by atoms with van der Waals surface area (Å²) in [5.41, 5.74) is 6.12. The SMILES string of the molecule is Nc1nc(-c2cc(Br)cs2)co1. The Morgan fingerprint density at radius 3 is 2.92 bits per heavy atom. The minimum absolute atomic E-state index is 0.203. The molecule has 0 saturated carbocycles. The van der Waals surface area contributed by atoms with Crippen LogP contribution in [-0.4, -0.2) is 4.98 Å². The highest BCUT2D eigenvalue weighted by atomic mass is 79.9. The zero-order valence-corrected chi connectivity index (χ0v) is 8.35. The molecule has 0 aliphatic heterocycles. The van der Waals surface area contributed by atoms with Crippen LogP contribution < -0.4 is 5.73 Å². The second kappa shape index (κ2) is 2.91. The monoisotopic (exact) mass is 244 g/mol. The van der Waals surface area contributed by atoms with Crippen molar-refractivity contribution in [2.24, 2.45) is 0 Å². The number of halogens is 1. The Morgan fingerprint density at radius 2 is 2.42 bits per heavy atom.